The minimum absolute atomic E-state index is 0.0766. The molecule has 0 aliphatic rings. The summed E-state index contributed by atoms with van der Waals surface area (Å²) in [6, 6.07) is 12.5. The van der Waals surface area contributed by atoms with Gasteiger partial charge in [0.1, 0.15) is 34.0 Å². The fraction of sp³-hybridized carbons (Fsp3) is 0.200. The van der Waals surface area contributed by atoms with Crippen LogP contribution in [0.15, 0.2) is 48.5 Å². The highest BCUT2D eigenvalue weighted by Crippen LogP contribution is 2.33. The zero-order valence-corrected chi connectivity index (χ0v) is 16.9. The second-order valence-electron chi connectivity index (χ2n) is 6.10. The molecule has 3 aromatic rings. The van der Waals surface area contributed by atoms with E-state index in [-0.39, 0.29) is 29.4 Å². The van der Waals surface area contributed by atoms with Crippen molar-refractivity contribution in [2.45, 2.75) is 6.54 Å². The predicted molar refractivity (Wildman–Crippen MR) is 109 cm³/mol. The lowest BCUT2D eigenvalue weighted by molar-refractivity contribution is 0.393. The first-order valence-corrected chi connectivity index (χ1v) is 10.1. The Morgan fingerprint density at radius 2 is 1.79 bits per heavy atom. The van der Waals surface area contributed by atoms with Gasteiger partial charge in [0.15, 0.2) is 0 Å². The zero-order chi connectivity index (χ0) is 21.0. The quantitative estimate of drug-likeness (QED) is 0.635. The molecule has 0 spiro atoms. The average Bonchev–Trinajstić information content (AvgIpc) is 2.73. The summed E-state index contributed by atoms with van der Waals surface area (Å²) in [5.41, 5.74) is 1.52. The van der Waals surface area contributed by atoms with Crippen LogP contribution in [-0.2, 0) is 17.5 Å². The molecule has 0 bridgehead atoms. The van der Waals surface area contributed by atoms with Gasteiger partial charge >= 0.3 is 0 Å². The molecule has 29 heavy (non-hydrogen) atoms. The Morgan fingerprint density at radius 1 is 1.07 bits per heavy atom. The van der Waals surface area contributed by atoms with Crippen LogP contribution in [-0.4, -0.2) is 40.0 Å². The molecule has 0 radical (unpaired) electrons. The zero-order valence-electron chi connectivity index (χ0n) is 16.1. The van der Waals surface area contributed by atoms with E-state index in [1.165, 1.54) is 31.6 Å². The first-order valence-electron chi connectivity index (χ1n) is 8.57. The second-order valence-corrected chi connectivity index (χ2v) is 7.39. The summed E-state index contributed by atoms with van der Waals surface area (Å²) in [6.07, 6.45) is 1.53. The van der Waals surface area contributed by atoms with Crippen molar-refractivity contribution >= 4 is 16.7 Å². The van der Waals surface area contributed by atoms with Gasteiger partial charge < -0.3 is 14.6 Å². The Balaban J connectivity index is 2.04. The fourth-order valence-electron chi connectivity index (χ4n) is 2.75. The van der Waals surface area contributed by atoms with E-state index in [4.69, 9.17) is 9.47 Å². The molecule has 0 amide bonds. The molecule has 7 nitrogen and oxygen atoms in total. The molecule has 2 aromatic carbocycles. The SMILES string of the molecule is COc1ccc(CN(c2cc(-c3cc(O)ccc3F)nnc2OC)S(C)=O)cc1. The topological polar surface area (TPSA) is 84.8 Å². The van der Waals surface area contributed by atoms with Gasteiger partial charge in [-0.15, -0.1) is 10.2 Å². The molecule has 1 aromatic heterocycles. The van der Waals surface area contributed by atoms with Crippen LogP contribution >= 0.6 is 0 Å². The first kappa shape index (κ1) is 20.5. The van der Waals surface area contributed by atoms with E-state index in [0.717, 1.165) is 11.6 Å². The van der Waals surface area contributed by atoms with Crippen molar-refractivity contribution in [3.8, 4) is 28.6 Å². The Hall–Kier alpha value is -3.20. The first-order chi connectivity index (χ1) is 13.9. The number of benzene rings is 2. The van der Waals surface area contributed by atoms with Crippen molar-refractivity contribution in [1.82, 2.24) is 10.2 Å². The highest BCUT2D eigenvalue weighted by molar-refractivity contribution is 7.85. The van der Waals surface area contributed by atoms with Gasteiger partial charge in [0.05, 0.1) is 26.5 Å². The molecule has 0 aliphatic heterocycles. The molecule has 1 N–H and O–H groups in total. The van der Waals surface area contributed by atoms with Crippen molar-refractivity contribution in [3.05, 3.63) is 59.9 Å². The van der Waals surface area contributed by atoms with Crippen LogP contribution in [0.25, 0.3) is 11.3 Å². The van der Waals surface area contributed by atoms with E-state index < -0.39 is 16.8 Å². The number of aromatic hydroxyl groups is 1. The number of rotatable bonds is 7. The largest absolute Gasteiger partial charge is 0.508 e. The summed E-state index contributed by atoms with van der Waals surface area (Å²) in [5, 5.41) is 17.7. The Kier molecular flexibility index (Phi) is 6.28. The molecule has 1 atom stereocenters. The van der Waals surface area contributed by atoms with Gasteiger partial charge in [0.25, 0.3) is 5.88 Å². The van der Waals surface area contributed by atoms with Gasteiger partial charge in [0.2, 0.25) is 0 Å². The summed E-state index contributed by atoms with van der Waals surface area (Å²) in [6.45, 7) is 0.289. The number of anilines is 1. The number of hydrogen-bond acceptors (Lipinski definition) is 6. The number of phenols is 1. The maximum absolute atomic E-state index is 14.3. The van der Waals surface area contributed by atoms with Crippen molar-refractivity contribution < 1.29 is 23.2 Å². The van der Waals surface area contributed by atoms with Gasteiger partial charge in [-0.3, -0.25) is 4.31 Å². The molecule has 3 rings (SSSR count). The van der Waals surface area contributed by atoms with Gasteiger partial charge in [-0.05, 0) is 42.0 Å². The molecule has 0 aliphatic carbocycles. The predicted octanol–water partition coefficient (Wildman–Crippen LogP) is 3.31. The van der Waals surface area contributed by atoms with E-state index in [1.807, 2.05) is 24.3 Å². The number of phenolic OH excluding ortho intramolecular Hbond substituents is 1. The molecular formula is C20H20FN3O4S. The van der Waals surface area contributed by atoms with E-state index in [0.29, 0.717) is 11.4 Å². The van der Waals surface area contributed by atoms with Gasteiger partial charge in [-0.2, -0.15) is 0 Å². The maximum atomic E-state index is 14.3. The van der Waals surface area contributed by atoms with E-state index in [1.54, 1.807) is 11.4 Å². The number of methoxy groups -OCH3 is 2. The molecule has 0 fully saturated rings. The van der Waals surface area contributed by atoms with Gasteiger partial charge in [-0.1, -0.05) is 12.1 Å². The van der Waals surface area contributed by atoms with Crippen LogP contribution in [0.1, 0.15) is 5.56 Å². The molecule has 0 saturated heterocycles. The van der Waals surface area contributed by atoms with Gasteiger partial charge in [0, 0.05) is 11.8 Å². The lowest BCUT2D eigenvalue weighted by Crippen LogP contribution is -2.25. The summed E-state index contributed by atoms with van der Waals surface area (Å²) in [7, 11) is 1.57. The molecule has 152 valence electrons. The third-order valence-electron chi connectivity index (χ3n) is 4.22. The minimum atomic E-state index is -1.44. The standard InChI is InChI=1S/C20H20FN3O4S/c1-27-15-7-4-13(5-8-15)12-24(29(3)26)19-11-18(22-23-20(19)28-2)16-10-14(25)6-9-17(16)21/h4-11,25H,12H2,1-3H3. The van der Waals surface area contributed by atoms with Crippen molar-refractivity contribution in [2.24, 2.45) is 0 Å². The number of ether oxygens (including phenoxy) is 2. The summed E-state index contributed by atoms with van der Waals surface area (Å²) in [5.74, 6) is 0.197. The Labute approximate surface area is 170 Å². The Bertz CT molecular complexity index is 1030. The summed E-state index contributed by atoms with van der Waals surface area (Å²) >= 11 is 0. The minimum Gasteiger partial charge on any atom is -0.508 e. The van der Waals surface area contributed by atoms with Crippen LogP contribution in [0.3, 0.4) is 0 Å². The van der Waals surface area contributed by atoms with E-state index >= 15 is 0 Å². The van der Waals surface area contributed by atoms with Crippen LogP contribution in [0.2, 0.25) is 0 Å². The lowest BCUT2D eigenvalue weighted by atomic mass is 10.1. The van der Waals surface area contributed by atoms with E-state index in [9.17, 15) is 13.7 Å². The van der Waals surface area contributed by atoms with Gasteiger partial charge in [-0.25, -0.2) is 8.60 Å². The molecule has 9 heteroatoms. The third-order valence-corrected chi connectivity index (χ3v) is 5.17. The highest BCUT2D eigenvalue weighted by Gasteiger charge is 2.20. The lowest BCUT2D eigenvalue weighted by Gasteiger charge is -2.23. The van der Waals surface area contributed by atoms with Crippen molar-refractivity contribution in [3.63, 3.8) is 0 Å². The smallest absolute Gasteiger partial charge is 0.258 e. The van der Waals surface area contributed by atoms with E-state index in [2.05, 4.69) is 10.2 Å². The summed E-state index contributed by atoms with van der Waals surface area (Å²) < 4.78 is 38.8. The third kappa shape index (κ3) is 4.62. The normalized spacial score (nSPS) is 11.7. The number of halogens is 1. The average molecular weight is 417 g/mol. The molecule has 1 heterocycles. The monoisotopic (exact) mass is 417 g/mol. The molecule has 0 saturated carbocycles. The van der Waals surface area contributed by atoms with Crippen molar-refractivity contribution in [1.29, 1.82) is 0 Å². The van der Waals surface area contributed by atoms with Crippen LogP contribution in [0.5, 0.6) is 17.4 Å². The van der Waals surface area contributed by atoms with Crippen LogP contribution < -0.4 is 13.8 Å². The van der Waals surface area contributed by atoms with Crippen LogP contribution in [0.4, 0.5) is 10.1 Å². The fourth-order valence-corrected chi connectivity index (χ4v) is 3.49. The van der Waals surface area contributed by atoms with Crippen LogP contribution in [0, 0.1) is 5.82 Å². The Morgan fingerprint density at radius 3 is 2.41 bits per heavy atom. The molecule has 1 unspecified atom stereocenters. The summed E-state index contributed by atoms with van der Waals surface area (Å²) in [4.78, 5) is 0. The number of aromatic nitrogens is 2. The number of hydrogen-bond donors (Lipinski definition) is 1. The molecular weight excluding hydrogens is 397 g/mol. The maximum Gasteiger partial charge on any atom is 0.258 e. The highest BCUT2D eigenvalue weighted by atomic mass is 32.2. The number of nitrogens with zero attached hydrogens (tertiary/aromatic N) is 3. The van der Waals surface area contributed by atoms with Crippen molar-refractivity contribution in [2.75, 3.05) is 24.8 Å². The second kappa shape index (κ2) is 8.87.